The van der Waals surface area contributed by atoms with Crippen molar-refractivity contribution in [3.05, 3.63) is 59.7 Å². The molecule has 3 rings (SSSR count). The van der Waals surface area contributed by atoms with Gasteiger partial charge in [-0.15, -0.1) is 0 Å². The molecule has 2 N–H and O–H groups in total. The summed E-state index contributed by atoms with van der Waals surface area (Å²) in [5, 5.41) is 6.11. The van der Waals surface area contributed by atoms with Crippen molar-refractivity contribution in [2.24, 2.45) is 0 Å². The van der Waals surface area contributed by atoms with Crippen LogP contribution in [0.4, 0.5) is 10.1 Å². The summed E-state index contributed by atoms with van der Waals surface area (Å²) in [7, 11) is 0. The van der Waals surface area contributed by atoms with Crippen LogP contribution in [0.2, 0.25) is 0 Å². The number of aromatic nitrogens is 1. The lowest BCUT2D eigenvalue weighted by Crippen LogP contribution is -2.26. The minimum absolute atomic E-state index is 0.240. The Bertz CT molecular complexity index is 670. The van der Waals surface area contributed by atoms with Crippen LogP contribution in [0.1, 0.15) is 28.9 Å². The van der Waals surface area contributed by atoms with Gasteiger partial charge in [-0.1, -0.05) is 18.2 Å². The van der Waals surface area contributed by atoms with E-state index in [-0.39, 0.29) is 11.7 Å². The standard InChI is InChI=1S/C17H18FN3O/c18-15-4-2-1-3-12(15)7-9-20-17(22)16-11-14(8-10-19-16)21-13-5-6-13/h1-4,8,10-11,13H,5-7,9H2,(H,19,21)(H,20,22). The first-order valence-corrected chi connectivity index (χ1v) is 7.46. The monoisotopic (exact) mass is 299 g/mol. The van der Waals surface area contributed by atoms with Crippen molar-refractivity contribution in [1.82, 2.24) is 10.3 Å². The van der Waals surface area contributed by atoms with Crippen molar-refractivity contribution in [3.8, 4) is 0 Å². The van der Waals surface area contributed by atoms with Gasteiger partial charge in [-0.05, 0) is 43.0 Å². The molecule has 1 fully saturated rings. The number of hydrogen-bond donors (Lipinski definition) is 2. The Kier molecular flexibility index (Phi) is 4.32. The first-order chi connectivity index (χ1) is 10.7. The second-order valence-corrected chi connectivity index (χ2v) is 5.45. The van der Waals surface area contributed by atoms with Gasteiger partial charge in [0.15, 0.2) is 0 Å². The number of hydrogen-bond acceptors (Lipinski definition) is 3. The van der Waals surface area contributed by atoms with E-state index in [0.29, 0.717) is 30.3 Å². The fourth-order valence-electron chi connectivity index (χ4n) is 2.21. The van der Waals surface area contributed by atoms with Gasteiger partial charge in [-0.2, -0.15) is 0 Å². The van der Waals surface area contributed by atoms with E-state index in [9.17, 15) is 9.18 Å². The Morgan fingerprint density at radius 1 is 1.27 bits per heavy atom. The van der Waals surface area contributed by atoms with E-state index in [1.165, 1.54) is 18.9 Å². The van der Waals surface area contributed by atoms with Gasteiger partial charge in [0.25, 0.3) is 5.91 Å². The maximum atomic E-state index is 13.5. The van der Waals surface area contributed by atoms with Crippen LogP contribution in [0.5, 0.6) is 0 Å². The number of halogens is 1. The molecule has 0 saturated heterocycles. The molecule has 1 aliphatic carbocycles. The summed E-state index contributed by atoms with van der Waals surface area (Å²) >= 11 is 0. The number of anilines is 1. The maximum Gasteiger partial charge on any atom is 0.269 e. The Balaban J connectivity index is 1.54. The third kappa shape index (κ3) is 3.81. The zero-order valence-electron chi connectivity index (χ0n) is 12.2. The first-order valence-electron chi connectivity index (χ1n) is 7.46. The molecule has 1 aromatic heterocycles. The Hall–Kier alpha value is -2.43. The molecule has 1 aliphatic rings. The first kappa shape index (κ1) is 14.5. The van der Waals surface area contributed by atoms with Crippen LogP contribution in [0, 0.1) is 5.82 Å². The molecule has 0 bridgehead atoms. The second kappa shape index (κ2) is 6.56. The average molecular weight is 299 g/mol. The van der Waals surface area contributed by atoms with E-state index in [1.54, 1.807) is 30.5 Å². The zero-order valence-corrected chi connectivity index (χ0v) is 12.2. The number of benzene rings is 1. The van der Waals surface area contributed by atoms with Gasteiger partial charge >= 0.3 is 0 Å². The summed E-state index contributed by atoms with van der Waals surface area (Å²) in [6, 6.07) is 10.7. The lowest BCUT2D eigenvalue weighted by molar-refractivity contribution is 0.0949. The summed E-state index contributed by atoms with van der Waals surface area (Å²) in [5.74, 6) is -0.485. The summed E-state index contributed by atoms with van der Waals surface area (Å²) in [4.78, 5) is 16.2. The maximum absolute atomic E-state index is 13.5. The van der Waals surface area contributed by atoms with E-state index in [1.807, 2.05) is 6.07 Å². The smallest absolute Gasteiger partial charge is 0.269 e. The molecule has 0 spiro atoms. The summed E-state index contributed by atoms with van der Waals surface area (Å²) in [6.07, 6.45) is 4.42. The Morgan fingerprint density at radius 2 is 2.09 bits per heavy atom. The van der Waals surface area contributed by atoms with Crippen molar-refractivity contribution < 1.29 is 9.18 Å². The summed E-state index contributed by atoms with van der Waals surface area (Å²) < 4.78 is 13.5. The highest BCUT2D eigenvalue weighted by Crippen LogP contribution is 2.24. The Morgan fingerprint density at radius 3 is 2.86 bits per heavy atom. The van der Waals surface area contributed by atoms with Crippen molar-refractivity contribution in [2.45, 2.75) is 25.3 Å². The fourth-order valence-corrected chi connectivity index (χ4v) is 2.21. The number of rotatable bonds is 6. The van der Waals surface area contributed by atoms with Crippen LogP contribution in [-0.4, -0.2) is 23.5 Å². The van der Waals surface area contributed by atoms with E-state index in [2.05, 4.69) is 15.6 Å². The zero-order chi connectivity index (χ0) is 15.4. The molecule has 22 heavy (non-hydrogen) atoms. The molecular formula is C17H18FN3O. The molecule has 4 nitrogen and oxygen atoms in total. The van der Waals surface area contributed by atoms with E-state index in [0.717, 1.165) is 5.69 Å². The predicted molar refractivity (Wildman–Crippen MR) is 83.3 cm³/mol. The molecule has 1 aromatic carbocycles. The molecule has 0 unspecified atom stereocenters. The van der Waals surface area contributed by atoms with Crippen LogP contribution in [0.3, 0.4) is 0 Å². The second-order valence-electron chi connectivity index (χ2n) is 5.45. The van der Waals surface area contributed by atoms with Crippen LogP contribution >= 0.6 is 0 Å². The predicted octanol–water partition coefficient (Wildman–Crippen LogP) is 2.77. The number of amides is 1. The molecule has 5 heteroatoms. The normalized spacial score (nSPS) is 13.7. The number of nitrogens with zero attached hydrogens (tertiary/aromatic N) is 1. The quantitative estimate of drug-likeness (QED) is 0.862. The van der Waals surface area contributed by atoms with Crippen LogP contribution in [-0.2, 0) is 6.42 Å². The molecule has 0 radical (unpaired) electrons. The van der Waals surface area contributed by atoms with Gasteiger partial charge in [-0.25, -0.2) is 4.39 Å². The number of carbonyl (C=O) groups is 1. The molecule has 0 aliphatic heterocycles. The van der Waals surface area contributed by atoms with Gasteiger partial charge in [-0.3, -0.25) is 9.78 Å². The minimum atomic E-state index is -0.245. The third-order valence-corrected chi connectivity index (χ3v) is 3.58. The minimum Gasteiger partial charge on any atom is -0.382 e. The van der Waals surface area contributed by atoms with E-state index in [4.69, 9.17) is 0 Å². The summed E-state index contributed by atoms with van der Waals surface area (Å²) in [5.41, 5.74) is 1.89. The average Bonchev–Trinajstić information content (AvgIpc) is 3.33. The molecule has 1 heterocycles. The van der Waals surface area contributed by atoms with Crippen molar-refractivity contribution >= 4 is 11.6 Å². The largest absolute Gasteiger partial charge is 0.382 e. The lowest BCUT2D eigenvalue weighted by Gasteiger charge is -2.08. The lowest BCUT2D eigenvalue weighted by atomic mass is 10.1. The fraction of sp³-hybridized carbons (Fsp3) is 0.294. The molecule has 2 aromatic rings. The summed E-state index contributed by atoms with van der Waals surface area (Å²) in [6.45, 7) is 0.377. The molecule has 1 amide bonds. The van der Waals surface area contributed by atoms with E-state index < -0.39 is 0 Å². The molecule has 0 atom stereocenters. The van der Waals surface area contributed by atoms with Crippen LogP contribution < -0.4 is 10.6 Å². The van der Waals surface area contributed by atoms with Gasteiger partial charge < -0.3 is 10.6 Å². The highest BCUT2D eigenvalue weighted by molar-refractivity contribution is 5.93. The van der Waals surface area contributed by atoms with Crippen LogP contribution in [0.15, 0.2) is 42.6 Å². The van der Waals surface area contributed by atoms with Gasteiger partial charge in [0, 0.05) is 24.5 Å². The molecular weight excluding hydrogens is 281 g/mol. The molecule has 114 valence electrons. The van der Waals surface area contributed by atoms with Crippen LogP contribution in [0.25, 0.3) is 0 Å². The van der Waals surface area contributed by atoms with Crippen molar-refractivity contribution in [2.75, 3.05) is 11.9 Å². The highest BCUT2D eigenvalue weighted by Gasteiger charge is 2.21. The van der Waals surface area contributed by atoms with Gasteiger partial charge in [0.05, 0.1) is 0 Å². The van der Waals surface area contributed by atoms with Gasteiger partial charge in [0.2, 0.25) is 0 Å². The highest BCUT2D eigenvalue weighted by atomic mass is 19.1. The van der Waals surface area contributed by atoms with Crippen molar-refractivity contribution in [1.29, 1.82) is 0 Å². The topological polar surface area (TPSA) is 54.0 Å². The van der Waals surface area contributed by atoms with Crippen molar-refractivity contribution in [3.63, 3.8) is 0 Å². The Labute approximate surface area is 128 Å². The van der Waals surface area contributed by atoms with E-state index >= 15 is 0 Å². The number of pyridine rings is 1. The number of nitrogens with one attached hydrogen (secondary N) is 2. The SMILES string of the molecule is O=C(NCCc1ccccc1F)c1cc(NC2CC2)ccn1. The molecule has 1 saturated carbocycles. The number of carbonyl (C=O) groups excluding carboxylic acids is 1. The van der Waals surface area contributed by atoms with Gasteiger partial charge in [0.1, 0.15) is 11.5 Å². The third-order valence-electron chi connectivity index (χ3n) is 3.58.